The van der Waals surface area contributed by atoms with Gasteiger partial charge in [0, 0.05) is 17.3 Å². The highest BCUT2D eigenvalue weighted by Crippen LogP contribution is 2.26. The van der Waals surface area contributed by atoms with Crippen molar-refractivity contribution in [3.05, 3.63) is 64.0 Å². The average molecular weight is 360 g/mol. The number of nitrogens with zero attached hydrogens (tertiary/aromatic N) is 2. The Balaban J connectivity index is 1.97. The van der Waals surface area contributed by atoms with Crippen LogP contribution in [0.2, 0.25) is 0 Å². The smallest absolute Gasteiger partial charge is 0.329 e. The molecule has 0 atom stereocenters. The predicted molar refractivity (Wildman–Crippen MR) is 90.4 cm³/mol. The zero-order valence-electron chi connectivity index (χ0n) is 13.4. The van der Waals surface area contributed by atoms with Crippen molar-refractivity contribution < 1.29 is 23.6 Å². The summed E-state index contributed by atoms with van der Waals surface area (Å²) in [7, 11) is 1.30. The largest absolute Gasteiger partial charge is 0.490 e. The molecular weight excluding hydrogens is 347 g/mol. The van der Waals surface area contributed by atoms with Crippen LogP contribution < -0.4 is 15.5 Å². The van der Waals surface area contributed by atoms with Crippen LogP contribution >= 0.6 is 0 Å². The van der Waals surface area contributed by atoms with Gasteiger partial charge in [-0.3, -0.25) is 19.7 Å². The van der Waals surface area contributed by atoms with Crippen molar-refractivity contribution in [2.45, 2.75) is 0 Å². The zero-order valence-corrected chi connectivity index (χ0v) is 13.4. The molecule has 26 heavy (non-hydrogen) atoms. The fourth-order valence-electron chi connectivity index (χ4n) is 1.87. The molecule has 0 saturated carbocycles. The summed E-state index contributed by atoms with van der Waals surface area (Å²) in [6.07, 6.45) is 1.13. The average Bonchev–Trinajstić information content (AvgIpc) is 2.63. The molecule has 0 saturated heterocycles. The van der Waals surface area contributed by atoms with Crippen LogP contribution in [0.5, 0.6) is 5.75 Å². The number of hydrazone groups is 1. The van der Waals surface area contributed by atoms with Gasteiger partial charge >= 0.3 is 17.5 Å². The Labute approximate surface area is 146 Å². The quantitative estimate of drug-likeness (QED) is 0.364. The van der Waals surface area contributed by atoms with E-state index < -0.39 is 22.6 Å². The SMILES string of the molecule is COc1ccc(/C=N\NC(=O)C(=O)Nc2ccc(F)cc2)cc1[N+](=O)[O-]. The molecule has 0 aliphatic heterocycles. The lowest BCUT2D eigenvalue weighted by Gasteiger charge is -2.04. The number of benzene rings is 2. The summed E-state index contributed by atoms with van der Waals surface area (Å²) < 4.78 is 17.6. The van der Waals surface area contributed by atoms with Crippen LogP contribution in [0.3, 0.4) is 0 Å². The van der Waals surface area contributed by atoms with Gasteiger partial charge < -0.3 is 10.1 Å². The number of nitro groups is 1. The molecule has 2 amide bonds. The second-order valence-corrected chi connectivity index (χ2v) is 4.85. The number of hydrogen-bond donors (Lipinski definition) is 2. The van der Waals surface area contributed by atoms with Crippen molar-refractivity contribution in [2.24, 2.45) is 5.10 Å². The van der Waals surface area contributed by atoms with Gasteiger partial charge in [0.15, 0.2) is 5.75 Å². The number of nitrogens with one attached hydrogen (secondary N) is 2. The van der Waals surface area contributed by atoms with Gasteiger partial charge in [0.1, 0.15) is 5.82 Å². The van der Waals surface area contributed by atoms with E-state index in [1.807, 2.05) is 5.43 Å². The number of nitro benzene ring substituents is 1. The number of ether oxygens (including phenoxy) is 1. The van der Waals surface area contributed by atoms with Gasteiger partial charge in [-0.25, -0.2) is 9.82 Å². The Bertz CT molecular complexity index is 867. The molecule has 0 unspecified atom stereocenters. The summed E-state index contributed by atoms with van der Waals surface area (Å²) in [4.78, 5) is 33.6. The van der Waals surface area contributed by atoms with Gasteiger partial charge in [0.25, 0.3) is 0 Å². The number of rotatable bonds is 5. The summed E-state index contributed by atoms with van der Waals surface area (Å²) >= 11 is 0. The number of halogens is 1. The van der Waals surface area contributed by atoms with Gasteiger partial charge in [0.2, 0.25) is 0 Å². The van der Waals surface area contributed by atoms with E-state index >= 15 is 0 Å². The summed E-state index contributed by atoms with van der Waals surface area (Å²) in [6.45, 7) is 0. The van der Waals surface area contributed by atoms with E-state index in [-0.39, 0.29) is 17.1 Å². The highest BCUT2D eigenvalue weighted by atomic mass is 19.1. The van der Waals surface area contributed by atoms with Gasteiger partial charge in [-0.2, -0.15) is 5.10 Å². The lowest BCUT2D eigenvalue weighted by molar-refractivity contribution is -0.385. The molecule has 134 valence electrons. The molecule has 2 aromatic carbocycles. The Morgan fingerprint density at radius 3 is 2.50 bits per heavy atom. The first kappa shape index (κ1) is 18.5. The number of hydrogen-bond acceptors (Lipinski definition) is 6. The molecule has 0 fully saturated rings. The van der Waals surface area contributed by atoms with E-state index in [0.717, 1.165) is 18.3 Å². The van der Waals surface area contributed by atoms with Crippen LogP contribution in [0.25, 0.3) is 0 Å². The van der Waals surface area contributed by atoms with Crippen molar-refractivity contribution in [1.29, 1.82) is 0 Å². The third kappa shape index (κ3) is 4.84. The van der Waals surface area contributed by atoms with Gasteiger partial charge in [-0.1, -0.05) is 0 Å². The molecule has 2 rings (SSSR count). The topological polar surface area (TPSA) is 123 Å². The maximum Gasteiger partial charge on any atom is 0.329 e. The Kier molecular flexibility index (Phi) is 5.93. The van der Waals surface area contributed by atoms with E-state index in [0.29, 0.717) is 5.56 Å². The normalized spacial score (nSPS) is 10.4. The van der Waals surface area contributed by atoms with Crippen LogP contribution in [-0.2, 0) is 9.59 Å². The standard InChI is InChI=1S/C16H13FN4O5/c1-26-14-7-2-10(8-13(14)21(24)25)9-18-20-16(23)15(22)19-12-5-3-11(17)4-6-12/h2-9H,1H3,(H,19,22)(H,20,23)/b18-9-. The summed E-state index contributed by atoms with van der Waals surface area (Å²) in [6, 6.07) is 8.90. The second kappa shape index (κ2) is 8.33. The first-order valence-electron chi connectivity index (χ1n) is 7.13. The molecule has 0 aliphatic rings. The van der Waals surface area contributed by atoms with E-state index in [9.17, 15) is 24.1 Å². The van der Waals surface area contributed by atoms with Crippen molar-refractivity contribution in [3.8, 4) is 5.75 Å². The molecule has 2 aromatic rings. The minimum Gasteiger partial charge on any atom is -0.490 e. The summed E-state index contributed by atoms with van der Waals surface area (Å²) in [5, 5.41) is 16.8. The van der Waals surface area contributed by atoms with Gasteiger partial charge in [0.05, 0.1) is 18.2 Å². The van der Waals surface area contributed by atoms with Gasteiger partial charge in [-0.15, -0.1) is 0 Å². The monoisotopic (exact) mass is 360 g/mol. The van der Waals surface area contributed by atoms with Crippen molar-refractivity contribution in [1.82, 2.24) is 5.43 Å². The molecule has 0 spiro atoms. The Hall–Kier alpha value is -3.82. The minimum absolute atomic E-state index is 0.0786. The van der Waals surface area contributed by atoms with E-state index in [2.05, 4.69) is 10.4 Å². The number of anilines is 1. The maximum atomic E-state index is 12.8. The maximum absolute atomic E-state index is 12.8. The Morgan fingerprint density at radius 2 is 1.88 bits per heavy atom. The second-order valence-electron chi connectivity index (χ2n) is 4.85. The lowest BCUT2D eigenvalue weighted by Crippen LogP contribution is -2.32. The number of carbonyl (C=O) groups excluding carboxylic acids is 2. The number of methoxy groups -OCH3 is 1. The molecule has 2 N–H and O–H groups in total. The first-order chi connectivity index (χ1) is 12.4. The molecule has 0 radical (unpaired) electrons. The number of carbonyl (C=O) groups is 2. The Morgan fingerprint density at radius 1 is 1.19 bits per heavy atom. The first-order valence-corrected chi connectivity index (χ1v) is 7.13. The van der Waals surface area contributed by atoms with Crippen molar-refractivity contribution >= 4 is 29.4 Å². The number of amides is 2. The molecule has 0 aromatic heterocycles. The van der Waals surface area contributed by atoms with E-state index in [1.54, 1.807) is 0 Å². The van der Waals surface area contributed by atoms with E-state index in [1.165, 1.54) is 37.4 Å². The zero-order chi connectivity index (χ0) is 19.1. The molecule has 0 aliphatic carbocycles. The van der Waals surface area contributed by atoms with Crippen LogP contribution in [0.1, 0.15) is 5.56 Å². The summed E-state index contributed by atoms with van der Waals surface area (Å²) in [5.41, 5.74) is 2.27. The van der Waals surface area contributed by atoms with Crippen LogP contribution in [-0.4, -0.2) is 30.1 Å². The minimum atomic E-state index is -1.06. The van der Waals surface area contributed by atoms with Crippen molar-refractivity contribution in [2.75, 3.05) is 12.4 Å². The third-order valence-electron chi connectivity index (χ3n) is 3.09. The van der Waals surface area contributed by atoms with Crippen LogP contribution in [0.4, 0.5) is 15.8 Å². The molecule has 9 nitrogen and oxygen atoms in total. The van der Waals surface area contributed by atoms with Crippen molar-refractivity contribution in [3.63, 3.8) is 0 Å². The van der Waals surface area contributed by atoms with Gasteiger partial charge in [-0.05, 0) is 36.4 Å². The fraction of sp³-hybridized carbons (Fsp3) is 0.0625. The van der Waals surface area contributed by atoms with Crippen LogP contribution in [0.15, 0.2) is 47.6 Å². The fourth-order valence-corrected chi connectivity index (χ4v) is 1.87. The van der Waals surface area contributed by atoms with Crippen LogP contribution in [0, 0.1) is 15.9 Å². The summed E-state index contributed by atoms with van der Waals surface area (Å²) in [5.74, 6) is -2.47. The molecule has 0 bridgehead atoms. The lowest BCUT2D eigenvalue weighted by atomic mass is 10.2. The molecule has 0 heterocycles. The third-order valence-corrected chi connectivity index (χ3v) is 3.09. The highest BCUT2D eigenvalue weighted by Gasteiger charge is 2.15. The molecule has 10 heteroatoms. The molecular formula is C16H13FN4O5. The van der Waals surface area contributed by atoms with E-state index in [4.69, 9.17) is 4.74 Å². The predicted octanol–water partition coefficient (Wildman–Crippen LogP) is 1.83. The highest BCUT2D eigenvalue weighted by molar-refractivity contribution is 6.39.